The molecule has 2 N–H and O–H groups in total. The first kappa shape index (κ1) is 27.0. The number of aryl methyl sites for hydroxylation is 1. The number of fused-ring (bicyclic) bond motifs is 1. The molecule has 1 fully saturated rings. The second kappa shape index (κ2) is 12.1. The van der Waals surface area contributed by atoms with Crippen molar-refractivity contribution < 1.29 is 22.8 Å². The molecule has 0 atom stereocenters. The summed E-state index contributed by atoms with van der Waals surface area (Å²) in [6.45, 7) is 3.88. The van der Waals surface area contributed by atoms with Crippen LogP contribution in [0.1, 0.15) is 43.1 Å². The van der Waals surface area contributed by atoms with Crippen LogP contribution < -0.4 is 20.3 Å². The molecule has 14 heteroatoms. The van der Waals surface area contributed by atoms with Gasteiger partial charge >= 0.3 is 0 Å². The molecule has 0 aliphatic heterocycles. The van der Waals surface area contributed by atoms with Crippen molar-refractivity contribution in [2.24, 2.45) is 0 Å². The van der Waals surface area contributed by atoms with Crippen molar-refractivity contribution in [3.63, 3.8) is 0 Å². The van der Waals surface area contributed by atoms with Crippen LogP contribution in [0.5, 0.6) is 0 Å². The Morgan fingerprint density at radius 1 is 1.26 bits per heavy atom. The van der Waals surface area contributed by atoms with E-state index in [1.54, 1.807) is 15.3 Å². The van der Waals surface area contributed by atoms with Crippen molar-refractivity contribution in [1.82, 2.24) is 28.8 Å². The fraction of sp³-hybridized carbons (Fsp3) is 0.480. The number of nitrogens with one attached hydrogen (secondary N) is 2. The summed E-state index contributed by atoms with van der Waals surface area (Å²) in [7, 11) is -3.39. The first-order chi connectivity index (χ1) is 19.0. The normalized spacial score (nSPS) is 13.7. The molecule has 4 aromatic rings. The molecule has 1 saturated carbocycles. The van der Waals surface area contributed by atoms with Crippen LogP contribution in [0, 0.1) is 0 Å². The van der Waals surface area contributed by atoms with Crippen molar-refractivity contribution in [2.45, 2.75) is 57.6 Å². The van der Waals surface area contributed by atoms with E-state index in [-0.39, 0.29) is 12.0 Å². The SMILES string of the molecule is CCc1cnn2c(NCc3ccc[n+](C[O-])c3)cc(NCCCOCCc3ncn(S(=O)(=O)C4CC4)n3)nc12. The van der Waals surface area contributed by atoms with Crippen LogP contribution in [-0.2, 0) is 40.9 Å². The van der Waals surface area contributed by atoms with Gasteiger partial charge < -0.3 is 20.5 Å². The molecule has 5 rings (SSSR count). The molecule has 0 unspecified atom stereocenters. The molecule has 1 aliphatic carbocycles. The summed E-state index contributed by atoms with van der Waals surface area (Å²) in [5.74, 6) is 1.99. The third-order valence-corrected chi connectivity index (χ3v) is 8.45. The van der Waals surface area contributed by atoms with Crippen LogP contribution in [0.15, 0.2) is 43.1 Å². The lowest BCUT2D eigenvalue weighted by molar-refractivity contribution is -0.815. The van der Waals surface area contributed by atoms with Crippen molar-refractivity contribution in [3.8, 4) is 0 Å². The first-order valence-electron chi connectivity index (χ1n) is 13.1. The Balaban J connectivity index is 1.11. The smallest absolute Gasteiger partial charge is 0.258 e. The molecule has 4 heterocycles. The van der Waals surface area contributed by atoms with E-state index in [0.29, 0.717) is 51.4 Å². The molecule has 4 aromatic heterocycles. The summed E-state index contributed by atoms with van der Waals surface area (Å²) in [4.78, 5) is 8.85. The topological polar surface area (TPSA) is 155 Å². The Morgan fingerprint density at radius 2 is 2.13 bits per heavy atom. The Kier molecular flexibility index (Phi) is 8.33. The highest BCUT2D eigenvalue weighted by Crippen LogP contribution is 2.29. The number of aromatic nitrogens is 7. The van der Waals surface area contributed by atoms with E-state index in [9.17, 15) is 13.5 Å². The fourth-order valence-corrected chi connectivity index (χ4v) is 5.55. The summed E-state index contributed by atoms with van der Waals surface area (Å²) < 4.78 is 34.5. The lowest BCUT2D eigenvalue weighted by atomic mass is 10.2. The monoisotopic (exact) mass is 555 g/mol. The Bertz CT molecular complexity index is 1520. The van der Waals surface area contributed by atoms with Crippen molar-refractivity contribution >= 4 is 27.3 Å². The van der Waals surface area contributed by atoms with Crippen LogP contribution in [0.2, 0.25) is 0 Å². The molecule has 0 bridgehead atoms. The zero-order chi connectivity index (χ0) is 27.2. The summed E-state index contributed by atoms with van der Waals surface area (Å²) in [6.07, 6.45) is 10.1. The van der Waals surface area contributed by atoms with Crippen LogP contribution in [0.25, 0.3) is 5.65 Å². The largest absolute Gasteiger partial charge is 0.801 e. The summed E-state index contributed by atoms with van der Waals surface area (Å²) >= 11 is 0. The number of nitrogens with zero attached hydrogens (tertiary/aromatic N) is 7. The quantitative estimate of drug-likeness (QED) is 0.156. The molecule has 0 amide bonds. The average molecular weight is 556 g/mol. The minimum atomic E-state index is -3.39. The van der Waals surface area contributed by atoms with E-state index >= 15 is 0 Å². The van der Waals surface area contributed by atoms with Crippen molar-refractivity contribution in [1.29, 1.82) is 0 Å². The van der Waals surface area contributed by atoms with E-state index in [0.717, 1.165) is 45.3 Å². The number of hydrogen-bond donors (Lipinski definition) is 2. The fourth-order valence-electron chi connectivity index (χ4n) is 4.12. The minimum Gasteiger partial charge on any atom is -0.801 e. The van der Waals surface area contributed by atoms with Crippen LogP contribution in [0.3, 0.4) is 0 Å². The van der Waals surface area contributed by atoms with Gasteiger partial charge in [-0.05, 0) is 31.7 Å². The van der Waals surface area contributed by atoms with Crippen LogP contribution in [-0.4, -0.2) is 62.2 Å². The van der Waals surface area contributed by atoms with Crippen LogP contribution >= 0.6 is 0 Å². The maximum atomic E-state index is 12.2. The predicted molar refractivity (Wildman–Crippen MR) is 141 cm³/mol. The molecule has 0 spiro atoms. The third-order valence-electron chi connectivity index (χ3n) is 6.44. The molecular weight excluding hydrogens is 522 g/mol. The molecule has 208 valence electrons. The third kappa shape index (κ3) is 6.52. The highest BCUT2D eigenvalue weighted by molar-refractivity contribution is 7.90. The Morgan fingerprint density at radius 3 is 2.92 bits per heavy atom. The van der Waals surface area contributed by atoms with Gasteiger partial charge in [-0.15, -0.1) is 9.19 Å². The maximum absolute atomic E-state index is 12.2. The van der Waals surface area contributed by atoms with E-state index in [4.69, 9.17) is 9.72 Å². The van der Waals surface area contributed by atoms with E-state index in [1.165, 1.54) is 6.33 Å². The average Bonchev–Trinajstić information content (AvgIpc) is 3.57. The van der Waals surface area contributed by atoms with Gasteiger partial charge in [-0.2, -0.15) is 9.61 Å². The number of rotatable bonds is 15. The zero-order valence-corrected chi connectivity index (χ0v) is 22.7. The molecular formula is C25H33N9O4S. The number of ether oxygens (including phenoxy) is 1. The number of pyridine rings is 1. The van der Waals surface area contributed by atoms with Crippen LogP contribution in [0.4, 0.5) is 11.6 Å². The predicted octanol–water partition coefficient (Wildman–Crippen LogP) is 0.502. The Labute approximate surface area is 226 Å². The zero-order valence-electron chi connectivity index (χ0n) is 21.9. The van der Waals surface area contributed by atoms with Gasteiger partial charge in [0.25, 0.3) is 10.0 Å². The van der Waals surface area contributed by atoms with Gasteiger partial charge in [0.05, 0.1) is 24.8 Å². The van der Waals surface area contributed by atoms with Gasteiger partial charge in [-0.25, -0.2) is 23.0 Å². The summed E-state index contributed by atoms with van der Waals surface area (Å²) in [5.41, 5.74) is 2.83. The second-order valence-corrected chi connectivity index (χ2v) is 11.5. The van der Waals surface area contributed by atoms with Gasteiger partial charge in [0, 0.05) is 49.4 Å². The van der Waals surface area contributed by atoms with E-state index in [1.807, 2.05) is 30.6 Å². The van der Waals surface area contributed by atoms with Gasteiger partial charge in [0.1, 0.15) is 18.0 Å². The van der Waals surface area contributed by atoms with Gasteiger partial charge in [-0.1, -0.05) is 6.92 Å². The van der Waals surface area contributed by atoms with E-state index < -0.39 is 10.0 Å². The lowest BCUT2D eigenvalue weighted by Crippen LogP contribution is -2.40. The van der Waals surface area contributed by atoms with Gasteiger partial charge in [0.15, 0.2) is 23.9 Å². The van der Waals surface area contributed by atoms with E-state index in [2.05, 4.69) is 32.7 Å². The molecule has 0 radical (unpaired) electrons. The number of hydrogen-bond acceptors (Lipinski definition) is 10. The Hall–Kier alpha value is -3.62. The minimum absolute atomic E-state index is 0.318. The molecule has 13 nitrogen and oxygen atoms in total. The summed E-state index contributed by atoms with van der Waals surface area (Å²) in [5, 5.41) is 26.3. The molecule has 0 aromatic carbocycles. The lowest BCUT2D eigenvalue weighted by Gasteiger charge is -2.12. The molecule has 39 heavy (non-hydrogen) atoms. The molecule has 0 saturated heterocycles. The maximum Gasteiger partial charge on any atom is 0.258 e. The van der Waals surface area contributed by atoms with Crippen molar-refractivity contribution in [2.75, 3.05) is 30.4 Å². The highest BCUT2D eigenvalue weighted by atomic mass is 32.2. The molecule has 1 aliphatic rings. The first-order valence-corrected chi connectivity index (χ1v) is 14.6. The van der Waals surface area contributed by atoms with Gasteiger partial charge in [-0.3, -0.25) is 0 Å². The second-order valence-electron chi connectivity index (χ2n) is 9.41. The summed E-state index contributed by atoms with van der Waals surface area (Å²) in [6, 6.07) is 5.75. The standard InChI is InChI=1S/C25H33N9O4S/c1-2-20-15-29-34-24(27-14-19-5-3-10-32(16-19)18-35)13-23(30-25(20)34)26-9-4-11-38-12-8-22-28-17-33(31-22)39(36,37)21-6-7-21/h3,5,10,13,15-17,21,27H,2,4,6-9,11-12,14,18H2,1H3,(H,26,30). The van der Waals surface area contributed by atoms with Gasteiger partial charge in [0.2, 0.25) is 0 Å². The highest BCUT2D eigenvalue weighted by Gasteiger charge is 2.37. The van der Waals surface area contributed by atoms with Crippen molar-refractivity contribution in [3.05, 3.63) is 60.1 Å². The number of anilines is 2.